The summed E-state index contributed by atoms with van der Waals surface area (Å²) in [6.07, 6.45) is 2.18. The van der Waals surface area contributed by atoms with Gasteiger partial charge >= 0.3 is 0 Å². The minimum Gasteiger partial charge on any atom is -0.326 e. The molecule has 0 spiro atoms. The molecule has 1 N–H and O–H groups in total. The summed E-state index contributed by atoms with van der Waals surface area (Å²) in [5, 5.41) is 2.88. The summed E-state index contributed by atoms with van der Waals surface area (Å²) < 4.78 is 0. The lowest BCUT2D eigenvalue weighted by molar-refractivity contribution is -0.115. The highest BCUT2D eigenvalue weighted by atomic mass is 16.1. The van der Waals surface area contributed by atoms with Crippen molar-refractivity contribution in [2.75, 3.05) is 5.32 Å². The van der Waals surface area contributed by atoms with E-state index >= 15 is 0 Å². The number of nitrogens with one attached hydrogen (secondary N) is 1. The monoisotopic (exact) mass is 314 g/mol. The topological polar surface area (TPSA) is 41.5 Å². The van der Waals surface area contributed by atoms with Crippen LogP contribution >= 0.6 is 0 Å². The number of aliphatic imine (C=N–C) groups is 1. The lowest BCUT2D eigenvalue weighted by atomic mass is 10.1. The Bertz CT molecular complexity index is 809. The number of amides is 1. The van der Waals surface area contributed by atoms with Crippen molar-refractivity contribution in [1.82, 2.24) is 0 Å². The van der Waals surface area contributed by atoms with Gasteiger partial charge in [0.2, 0.25) is 5.91 Å². The van der Waals surface area contributed by atoms with Gasteiger partial charge in [-0.15, -0.1) is 0 Å². The van der Waals surface area contributed by atoms with E-state index in [1.807, 2.05) is 91.1 Å². The van der Waals surface area contributed by atoms with Gasteiger partial charge in [-0.1, -0.05) is 60.7 Å². The van der Waals surface area contributed by atoms with Gasteiger partial charge in [0.1, 0.15) is 0 Å². The first-order chi connectivity index (χ1) is 11.8. The fourth-order valence-electron chi connectivity index (χ4n) is 2.30. The quantitative estimate of drug-likeness (QED) is 0.686. The van der Waals surface area contributed by atoms with Crippen molar-refractivity contribution < 1.29 is 4.79 Å². The van der Waals surface area contributed by atoms with Crippen molar-refractivity contribution in [2.45, 2.75) is 6.42 Å². The second-order valence-electron chi connectivity index (χ2n) is 5.43. The summed E-state index contributed by atoms with van der Waals surface area (Å²) in [6, 6.07) is 27.1. The van der Waals surface area contributed by atoms with Crippen molar-refractivity contribution in [3.05, 3.63) is 96.1 Å². The normalized spacial score (nSPS) is 10.7. The van der Waals surface area contributed by atoms with Crippen LogP contribution in [0.5, 0.6) is 0 Å². The first kappa shape index (κ1) is 15.7. The van der Waals surface area contributed by atoms with E-state index in [0.717, 1.165) is 22.5 Å². The number of nitrogens with zero attached hydrogens (tertiary/aromatic N) is 1. The zero-order valence-corrected chi connectivity index (χ0v) is 13.2. The number of hydrogen-bond donors (Lipinski definition) is 1. The van der Waals surface area contributed by atoms with Gasteiger partial charge in [-0.2, -0.15) is 0 Å². The number of para-hydroxylation sites is 1. The summed E-state index contributed by atoms with van der Waals surface area (Å²) in [5.41, 5.74) is 3.70. The Kier molecular flexibility index (Phi) is 5.15. The van der Waals surface area contributed by atoms with Crippen LogP contribution in [0.1, 0.15) is 11.1 Å². The average molecular weight is 314 g/mol. The molecular weight excluding hydrogens is 296 g/mol. The van der Waals surface area contributed by atoms with Crippen LogP contribution in [0.2, 0.25) is 0 Å². The molecule has 0 aliphatic heterocycles. The van der Waals surface area contributed by atoms with E-state index in [9.17, 15) is 4.79 Å². The van der Waals surface area contributed by atoms with Crippen LogP contribution in [0.3, 0.4) is 0 Å². The molecule has 0 saturated heterocycles. The molecular formula is C21H18N2O. The van der Waals surface area contributed by atoms with Crippen LogP contribution in [0.15, 0.2) is 89.9 Å². The molecule has 0 aliphatic carbocycles. The molecule has 0 heterocycles. The first-order valence-electron chi connectivity index (χ1n) is 7.82. The van der Waals surface area contributed by atoms with E-state index in [4.69, 9.17) is 0 Å². The van der Waals surface area contributed by atoms with Gasteiger partial charge in [-0.05, 0) is 35.4 Å². The van der Waals surface area contributed by atoms with E-state index in [-0.39, 0.29) is 5.91 Å². The van der Waals surface area contributed by atoms with Crippen molar-refractivity contribution in [3.8, 4) is 0 Å². The van der Waals surface area contributed by atoms with E-state index in [1.165, 1.54) is 0 Å². The molecule has 118 valence electrons. The molecule has 0 aliphatic rings. The van der Waals surface area contributed by atoms with Crippen molar-refractivity contribution in [3.63, 3.8) is 0 Å². The lowest BCUT2D eigenvalue weighted by Gasteiger charge is -2.05. The summed E-state index contributed by atoms with van der Waals surface area (Å²) >= 11 is 0. The molecule has 0 bridgehead atoms. The second-order valence-corrected chi connectivity index (χ2v) is 5.43. The largest absolute Gasteiger partial charge is 0.326 e. The minimum atomic E-state index is -0.0262. The molecule has 0 unspecified atom stereocenters. The number of benzene rings is 3. The Hall–Kier alpha value is -3.20. The summed E-state index contributed by atoms with van der Waals surface area (Å²) in [6.45, 7) is 0. The van der Waals surface area contributed by atoms with Crippen LogP contribution in [0.25, 0.3) is 0 Å². The van der Waals surface area contributed by atoms with Crippen LogP contribution in [-0.4, -0.2) is 12.1 Å². The fourth-order valence-corrected chi connectivity index (χ4v) is 2.30. The Morgan fingerprint density at radius 1 is 0.833 bits per heavy atom. The third-order valence-corrected chi connectivity index (χ3v) is 3.52. The van der Waals surface area contributed by atoms with E-state index in [1.54, 1.807) is 0 Å². The third kappa shape index (κ3) is 4.65. The molecule has 3 nitrogen and oxygen atoms in total. The summed E-state index contributed by atoms with van der Waals surface area (Å²) in [5.74, 6) is -0.0262. The Balaban J connectivity index is 1.58. The molecule has 3 aromatic rings. The predicted molar refractivity (Wildman–Crippen MR) is 98.9 cm³/mol. The second kappa shape index (κ2) is 7.88. The molecule has 0 saturated carbocycles. The molecule has 0 fully saturated rings. The Labute approximate surface area is 141 Å². The van der Waals surface area contributed by atoms with Gasteiger partial charge in [0.25, 0.3) is 0 Å². The maximum Gasteiger partial charge on any atom is 0.228 e. The van der Waals surface area contributed by atoms with Gasteiger partial charge < -0.3 is 5.32 Å². The van der Waals surface area contributed by atoms with Gasteiger partial charge in [-0.3, -0.25) is 9.79 Å². The first-order valence-corrected chi connectivity index (χ1v) is 7.82. The SMILES string of the molecule is O=C(Cc1ccc(N=Cc2ccccc2)cc1)Nc1ccccc1. The van der Waals surface area contributed by atoms with Gasteiger partial charge in [0.05, 0.1) is 12.1 Å². The highest BCUT2D eigenvalue weighted by Crippen LogP contribution is 2.14. The molecule has 1 amide bonds. The van der Waals surface area contributed by atoms with Crippen LogP contribution in [-0.2, 0) is 11.2 Å². The molecule has 3 heteroatoms. The number of anilines is 1. The Morgan fingerprint density at radius 2 is 1.46 bits per heavy atom. The highest BCUT2D eigenvalue weighted by molar-refractivity contribution is 5.92. The van der Waals surface area contributed by atoms with Gasteiger partial charge in [0, 0.05) is 11.9 Å². The zero-order chi connectivity index (χ0) is 16.6. The molecule has 0 radical (unpaired) electrons. The third-order valence-electron chi connectivity index (χ3n) is 3.52. The van der Waals surface area contributed by atoms with Crippen LogP contribution in [0.4, 0.5) is 11.4 Å². The number of carbonyl (C=O) groups is 1. The molecule has 24 heavy (non-hydrogen) atoms. The molecule has 0 aromatic heterocycles. The summed E-state index contributed by atoms with van der Waals surface area (Å²) in [7, 11) is 0. The van der Waals surface area contributed by atoms with E-state index in [2.05, 4.69) is 10.3 Å². The standard InChI is InChI=1S/C21H18N2O/c24-21(23-20-9-5-2-6-10-20)15-17-11-13-19(14-12-17)22-16-18-7-3-1-4-8-18/h1-14,16H,15H2,(H,23,24). The molecule has 3 aromatic carbocycles. The predicted octanol–water partition coefficient (Wildman–Crippen LogP) is 4.62. The zero-order valence-electron chi connectivity index (χ0n) is 13.2. The minimum absolute atomic E-state index is 0.0262. The van der Waals surface area contributed by atoms with E-state index in [0.29, 0.717) is 6.42 Å². The average Bonchev–Trinajstić information content (AvgIpc) is 2.63. The Morgan fingerprint density at radius 3 is 2.12 bits per heavy atom. The molecule has 0 atom stereocenters. The van der Waals surface area contributed by atoms with E-state index < -0.39 is 0 Å². The van der Waals surface area contributed by atoms with Gasteiger partial charge in [0.15, 0.2) is 0 Å². The lowest BCUT2D eigenvalue weighted by Crippen LogP contribution is -2.14. The maximum atomic E-state index is 12.0. The highest BCUT2D eigenvalue weighted by Gasteiger charge is 2.03. The number of carbonyl (C=O) groups excluding carboxylic acids is 1. The van der Waals surface area contributed by atoms with Crippen molar-refractivity contribution >= 4 is 23.5 Å². The maximum absolute atomic E-state index is 12.0. The smallest absolute Gasteiger partial charge is 0.228 e. The van der Waals surface area contributed by atoms with Gasteiger partial charge in [-0.25, -0.2) is 0 Å². The molecule has 3 rings (SSSR count). The van der Waals surface area contributed by atoms with Crippen molar-refractivity contribution in [2.24, 2.45) is 4.99 Å². The number of rotatable bonds is 5. The summed E-state index contributed by atoms with van der Waals surface area (Å²) in [4.78, 5) is 16.5. The fraction of sp³-hybridized carbons (Fsp3) is 0.0476. The van der Waals surface area contributed by atoms with Crippen LogP contribution in [0, 0.1) is 0 Å². The van der Waals surface area contributed by atoms with Crippen molar-refractivity contribution in [1.29, 1.82) is 0 Å². The van der Waals surface area contributed by atoms with Crippen LogP contribution < -0.4 is 5.32 Å². The number of hydrogen-bond acceptors (Lipinski definition) is 2.